The van der Waals surface area contributed by atoms with Gasteiger partial charge < -0.3 is 14.8 Å². The van der Waals surface area contributed by atoms with Crippen molar-refractivity contribution in [1.29, 1.82) is 0 Å². The number of halogens is 2. The average Bonchev–Trinajstić information content (AvgIpc) is 3.51. The molecule has 0 saturated carbocycles. The number of fused-ring (bicyclic) bond motifs is 3. The lowest BCUT2D eigenvalue weighted by molar-refractivity contribution is 0.194. The molecule has 0 aliphatic carbocycles. The van der Waals surface area contributed by atoms with Crippen molar-refractivity contribution in [3.8, 4) is 11.5 Å². The van der Waals surface area contributed by atoms with E-state index in [-0.39, 0.29) is 12.2 Å². The van der Waals surface area contributed by atoms with Gasteiger partial charge in [0, 0.05) is 17.8 Å². The van der Waals surface area contributed by atoms with Gasteiger partial charge in [-0.3, -0.25) is 0 Å². The highest BCUT2D eigenvalue weighted by Gasteiger charge is 2.36. The molecule has 0 unspecified atom stereocenters. The Morgan fingerprint density at radius 1 is 1.00 bits per heavy atom. The molecule has 0 radical (unpaired) electrons. The molecule has 196 valence electrons. The average molecular weight is 524 g/mol. The molecule has 0 bridgehead atoms. The highest BCUT2D eigenvalue weighted by atomic mass is 19.1. The maximum Gasteiger partial charge on any atom is 0.323 e. The van der Waals surface area contributed by atoms with Crippen LogP contribution in [0.3, 0.4) is 0 Å². The number of carbonyl (C=O) groups is 1. The Hall–Kier alpha value is -4.72. The van der Waals surface area contributed by atoms with E-state index < -0.39 is 23.7 Å². The zero-order chi connectivity index (χ0) is 27.1. The maximum atomic E-state index is 14.6. The Morgan fingerprint density at radius 2 is 1.82 bits per heavy atom. The van der Waals surface area contributed by atoms with Crippen molar-refractivity contribution in [3.05, 3.63) is 131 Å². The van der Waals surface area contributed by atoms with Gasteiger partial charge in [-0.25, -0.2) is 18.3 Å². The van der Waals surface area contributed by atoms with Gasteiger partial charge in [-0.05, 0) is 55.3 Å². The van der Waals surface area contributed by atoms with Gasteiger partial charge in [-0.2, -0.15) is 5.10 Å². The number of nitrogens with zero attached hydrogens (tertiary/aromatic N) is 4. The van der Waals surface area contributed by atoms with Crippen molar-refractivity contribution >= 4 is 11.7 Å². The first-order valence-electron chi connectivity index (χ1n) is 12.9. The fourth-order valence-electron chi connectivity index (χ4n) is 5.32. The van der Waals surface area contributed by atoms with Crippen LogP contribution in [0.2, 0.25) is 0 Å². The van der Waals surface area contributed by atoms with Gasteiger partial charge >= 0.3 is 6.03 Å². The van der Waals surface area contributed by atoms with E-state index in [1.807, 2.05) is 85.4 Å². The van der Waals surface area contributed by atoms with Crippen LogP contribution in [-0.2, 0) is 13.0 Å². The molecule has 2 amide bonds. The molecule has 0 fully saturated rings. The van der Waals surface area contributed by atoms with Crippen molar-refractivity contribution < 1.29 is 13.6 Å². The van der Waals surface area contributed by atoms with Gasteiger partial charge in [0.2, 0.25) is 0 Å². The van der Waals surface area contributed by atoms with E-state index in [0.717, 1.165) is 51.7 Å². The smallest absolute Gasteiger partial charge is 0.307 e. The molecule has 1 aliphatic heterocycles. The van der Waals surface area contributed by atoms with E-state index in [4.69, 9.17) is 5.10 Å². The van der Waals surface area contributed by atoms with Crippen molar-refractivity contribution in [2.24, 2.45) is 0 Å². The zero-order valence-electron chi connectivity index (χ0n) is 21.6. The number of hydrogen-bond donors (Lipinski definition) is 1. The number of hydrogen-bond acceptors (Lipinski definition) is 2. The first-order chi connectivity index (χ1) is 18.9. The highest BCUT2D eigenvalue weighted by Crippen LogP contribution is 2.39. The van der Waals surface area contributed by atoms with Crippen molar-refractivity contribution in [2.75, 3.05) is 5.32 Å². The number of amides is 2. The summed E-state index contributed by atoms with van der Waals surface area (Å²) in [5.74, 6) is -0.680. The second-order valence-electron chi connectivity index (χ2n) is 9.65. The summed E-state index contributed by atoms with van der Waals surface area (Å²) >= 11 is 0. The molecule has 6 nitrogen and oxygen atoms in total. The van der Waals surface area contributed by atoms with Crippen molar-refractivity contribution in [1.82, 2.24) is 19.2 Å². The molecule has 6 rings (SSSR count). The third-order valence-corrected chi connectivity index (χ3v) is 7.10. The molecule has 8 heteroatoms. The van der Waals surface area contributed by atoms with Gasteiger partial charge in [-0.15, -0.1) is 0 Å². The molecular formula is C31H27F2N5O. The molecule has 5 aromatic rings. The van der Waals surface area contributed by atoms with E-state index >= 15 is 0 Å². The number of aromatic nitrogens is 3. The summed E-state index contributed by atoms with van der Waals surface area (Å²) in [5.41, 5.74) is 5.45. The largest absolute Gasteiger partial charge is 0.323 e. The number of nitrogens with one attached hydrogen (secondary N) is 1. The molecule has 3 heterocycles. The summed E-state index contributed by atoms with van der Waals surface area (Å²) in [5, 5.41) is 7.64. The van der Waals surface area contributed by atoms with Crippen LogP contribution in [0.25, 0.3) is 11.5 Å². The summed E-state index contributed by atoms with van der Waals surface area (Å²) < 4.78 is 32.2. The monoisotopic (exact) mass is 523 g/mol. The minimum atomic E-state index is -0.833. The first kappa shape index (κ1) is 24.6. The van der Waals surface area contributed by atoms with Gasteiger partial charge in [-0.1, -0.05) is 55.0 Å². The van der Waals surface area contributed by atoms with Gasteiger partial charge in [0.1, 0.15) is 17.5 Å². The third-order valence-electron chi connectivity index (χ3n) is 7.10. The molecule has 2 aromatic heterocycles. The van der Waals surface area contributed by atoms with Gasteiger partial charge in [0.05, 0.1) is 35.3 Å². The lowest BCUT2D eigenvalue weighted by Gasteiger charge is -2.31. The van der Waals surface area contributed by atoms with Crippen molar-refractivity contribution in [2.45, 2.75) is 32.9 Å². The summed E-state index contributed by atoms with van der Waals surface area (Å²) in [6, 6.07) is 24.0. The lowest BCUT2D eigenvalue weighted by Crippen LogP contribution is -2.38. The van der Waals surface area contributed by atoms with Crippen LogP contribution < -0.4 is 5.32 Å². The van der Waals surface area contributed by atoms with Gasteiger partial charge in [0.25, 0.3) is 0 Å². The number of anilines is 1. The fourth-order valence-corrected chi connectivity index (χ4v) is 5.32. The van der Waals surface area contributed by atoms with Crippen LogP contribution in [0, 0.1) is 18.6 Å². The molecule has 1 atom stereocenters. The van der Waals surface area contributed by atoms with Crippen LogP contribution in [0.5, 0.6) is 0 Å². The van der Waals surface area contributed by atoms with E-state index in [1.54, 1.807) is 4.90 Å². The molecule has 0 saturated heterocycles. The number of benzene rings is 3. The summed E-state index contributed by atoms with van der Waals surface area (Å²) in [4.78, 5) is 15.7. The van der Waals surface area contributed by atoms with E-state index in [9.17, 15) is 13.6 Å². The Bertz CT molecular complexity index is 1670. The topological polar surface area (TPSA) is 55.1 Å². The van der Waals surface area contributed by atoms with E-state index in [1.165, 1.54) is 6.07 Å². The van der Waals surface area contributed by atoms with Crippen LogP contribution in [-0.4, -0.2) is 25.3 Å². The first-order valence-corrected chi connectivity index (χ1v) is 12.9. The molecule has 39 heavy (non-hydrogen) atoms. The predicted molar refractivity (Wildman–Crippen MR) is 146 cm³/mol. The number of aryl methyl sites for hydroxylation is 2. The SMILES string of the molecule is CCc1nn(-c2ccccc2)c2c1CN(C(=O)Nc1ccc(F)cc1F)[C@H](c1cccc(C)c1)c1cccn1-2. The standard InChI is InChI=1S/C31H27F2N5O/c1-3-26-24-19-37(31(39)34-27-15-14-22(32)18-25(27)33)29(21-10-7-9-20(2)17-21)28-13-8-16-36(28)30(24)38(35-26)23-11-5-4-6-12-23/h4-18,29H,3,19H2,1-2H3,(H,34,39)/t29-/m1/s1. The second kappa shape index (κ2) is 9.87. The van der Waals surface area contributed by atoms with Crippen molar-refractivity contribution in [3.63, 3.8) is 0 Å². The molecule has 1 N–H and O–H groups in total. The highest BCUT2D eigenvalue weighted by molar-refractivity contribution is 5.90. The minimum Gasteiger partial charge on any atom is -0.307 e. The second-order valence-corrected chi connectivity index (χ2v) is 9.65. The molecule has 1 aliphatic rings. The third kappa shape index (κ3) is 4.37. The number of rotatable bonds is 4. The van der Waals surface area contributed by atoms with Crippen LogP contribution in [0.4, 0.5) is 19.3 Å². The Balaban J connectivity index is 1.55. The quantitative estimate of drug-likeness (QED) is 0.277. The van der Waals surface area contributed by atoms with Crippen LogP contribution in [0.1, 0.15) is 41.0 Å². The normalized spacial score (nSPS) is 14.5. The van der Waals surface area contributed by atoms with Gasteiger partial charge in [0.15, 0.2) is 0 Å². The maximum absolute atomic E-state index is 14.6. The molecular weight excluding hydrogens is 496 g/mol. The summed E-state index contributed by atoms with van der Waals surface area (Å²) in [7, 11) is 0. The predicted octanol–water partition coefficient (Wildman–Crippen LogP) is 6.95. The molecule has 3 aromatic carbocycles. The van der Waals surface area contributed by atoms with E-state index in [2.05, 4.69) is 16.0 Å². The Morgan fingerprint density at radius 3 is 2.56 bits per heavy atom. The fraction of sp³-hybridized carbons (Fsp3) is 0.161. The number of urea groups is 1. The number of carbonyl (C=O) groups excluding carboxylic acids is 1. The molecule has 0 spiro atoms. The zero-order valence-corrected chi connectivity index (χ0v) is 21.6. The van der Waals surface area contributed by atoms with Crippen LogP contribution in [0.15, 0.2) is 91.1 Å². The van der Waals surface area contributed by atoms with E-state index in [0.29, 0.717) is 6.42 Å². The Labute approximate surface area is 225 Å². The lowest BCUT2D eigenvalue weighted by atomic mass is 10.00. The minimum absolute atomic E-state index is 0.0834. The summed E-state index contributed by atoms with van der Waals surface area (Å²) in [6.45, 7) is 4.28. The van der Waals surface area contributed by atoms with Crippen LogP contribution >= 0.6 is 0 Å². The summed E-state index contributed by atoms with van der Waals surface area (Å²) in [6.07, 6.45) is 2.65. The Kier molecular flexibility index (Phi) is 6.23. The number of para-hydroxylation sites is 1.